The number of ether oxygens (including phenoxy) is 1. The monoisotopic (exact) mass is 243 g/mol. The third kappa shape index (κ3) is 2.77. The molecule has 0 atom stereocenters. The van der Waals surface area contributed by atoms with Gasteiger partial charge in [-0.25, -0.2) is 9.97 Å². The van der Waals surface area contributed by atoms with Crippen molar-refractivity contribution >= 4 is 5.82 Å². The SMILES string of the molecule is CCCNc1cc(-c2ccccc2OC)ncn1. The first-order valence-corrected chi connectivity index (χ1v) is 6.04. The van der Waals surface area contributed by atoms with Gasteiger partial charge in [0.1, 0.15) is 17.9 Å². The van der Waals surface area contributed by atoms with Gasteiger partial charge in [0.05, 0.1) is 12.8 Å². The van der Waals surface area contributed by atoms with E-state index in [4.69, 9.17) is 4.74 Å². The second-order valence-electron chi connectivity index (χ2n) is 3.92. The molecule has 18 heavy (non-hydrogen) atoms. The van der Waals surface area contributed by atoms with E-state index in [9.17, 15) is 0 Å². The molecule has 0 radical (unpaired) electrons. The van der Waals surface area contributed by atoms with Crippen LogP contribution >= 0.6 is 0 Å². The molecule has 4 heteroatoms. The Balaban J connectivity index is 2.32. The molecule has 2 aromatic rings. The Morgan fingerprint density at radius 2 is 2.06 bits per heavy atom. The number of hydrogen-bond donors (Lipinski definition) is 1. The van der Waals surface area contributed by atoms with Crippen LogP contribution in [0, 0.1) is 0 Å². The predicted octanol–water partition coefficient (Wildman–Crippen LogP) is 2.97. The number of hydrogen-bond acceptors (Lipinski definition) is 4. The minimum atomic E-state index is 0.817. The molecule has 0 spiro atoms. The van der Waals surface area contributed by atoms with Crippen molar-refractivity contribution in [1.29, 1.82) is 0 Å². The molecule has 4 nitrogen and oxygen atoms in total. The zero-order chi connectivity index (χ0) is 12.8. The number of rotatable bonds is 5. The topological polar surface area (TPSA) is 47.0 Å². The van der Waals surface area contributed by atoms with E-state index in [0.29, 0.717) is 0 Å². The Kier molecular flexibility index (Phi) is 4.12. The zero-order valence-electron chi connectivity index (χ0n) is 10.7. The summed E-state index contributed by atoms with van der Waals surface area (Å²) in [6, 6.07) is 9.77. The second-order valence-corrected chi connectivity index (χ2v) is 3.92. The Morgan fingerprint density at radius 3 is 2.83 bits per heavy atom. The van der Waals surface area contributed by atoms with Crippen molar-refractivity contribution in [3.05, 3.63) is 36.7 Å². The van der Waals surface area contributed by atoms with Gasteiger partial charge >= 0.3 is 0 Å². The van der Waals surface area contributed by atoms with Crippen LogP contribution in [0.4, 0.5) is 5.82 Å². The number of aromatic nitrogens is 2. The lowest BCUT2D eigenvalue weighted by Gasteiger charge is -2.09. The quantitative estimate of drug-likeness (QED) is 0.877. The maximum atomic E-state index is 5.34. The Labute approximate surface area is 107 Å². The molecule has 0 fully saturated rings. The van der Waals surface area contributed by atoms with Gasteiger partial charge in [-0.05, 0) is 18.6 Å². The molecular formula is C14H17N3O. The molecule has 0 saturated carbocycles. The number of anilines is 1. The molecule has 0 aliphatic heterocycles. The summed E-state index contributed by atoms with van der Waals surface area (Å²) >= 11 is 0. The van der Waals surface area contributed by atoms with E-state index in [1.165, 1.54) is 0 Å². The summed E-state index contributed by atoms with van der Waals surface area (Å²) in [7, 11) is 1.66. The average molecular weight is 243 g/mol. The van der Waals surface area contributed by atoms with Crippen molar-refractivity contribution < 1.29 is 4.74 Å². The molecule has 1 aromatic heterocycles. The van der Waals surface area contributed by atoms with E-state index in [2.05, 4.69) is 22.2 Å². The van der Waals surface area contributed by atoms with E-state index in [1.807, 2.05) is 30.3 Å². The average Bonchev–Trinajstić information content (AvgIpc) is 2.45. The molecule has 0 unspecified atom stereocenters. The van der Waals surface area contributed by atoms with E-state index in [-0.39, 0.29) is 0 Å². The van der Waals surface area contributed by atoms with Gasteiger partial charge in [0.2, 0.25) is 0 Å². The normalized spacial score (nSPS) is 10.1. The van der Waals surface area contributed by atoms with Crippen LogP contribution in [-0.4, -0.2) is 23.6 Å². The number of methoxy groups -OCH3 is 1. The smallest absolute Gasteiger partial charge is 0.129 e. The van der Waals surface area contributed by atoms with Crippen molar-refractivity contribution in [2.75, 3.05) is 19.0 Å². The molecular weight excluding hydrogens is 226 g/mol. The van der Waals surface area contributed by atoms with E-state index < -0.39 is 0 Å². The van der Waals surface area contributed by atoms with Crippen molar-refractivity contribution in [1.82, 2.24) is 9.97 Å². The van der Waals surface area contributed by atoms with Crippen LogP contribution in [-0.2, 0) is 0 Å². The van der Waals surface area contributed by atoms with Crippen LogP contribution in [0.25, 0.3) is 11.3 Å². The fraction of sp³-hybridized carbons (Fsp3) is 0.286. The zero-order valence-corrected chi connectivity index (χ0v) is 10.7. The maximum Gasteiger partial charge on any atom is 0.129 e. The first-order chi connectivity index (χ1) is 8.85. The van der Waals surface area contributed by atoms with E-state index in [0.717, 1.165) is 35.8 Å². The van der Waals surface area contributed by atoms with Gasteiger partial charge in [0.15, 0.2) is 0 Å². The Morgan fingerprint density at radius 1 is 1.22 bits per heavy atom. The molecule has 1 heterocycles. The van der Waals surface area contributed by atoms with Crippen LogP contribution < -0.4 is 10.1 Å². The van der Waals surface area contributed by atoms with Crippen LogP contribution in [0.15, 0.2) is 36.7 Å². The van der Waals surface area contributed by atoms with Crippen molar-refractivity contribution in [2.45, 2.75) is 13.3 Å². The lowest BCUT2D eigenvalue weighted by molar-refractivity contribution is 0.416. The lowest BCUT2D eigenvalue weighted by atomic mass is 10.1. The molecule has 1 aromatic carbocycles. The molecule has 0 bridgehead atoms. The third-order valence-electron chi connectivity index (χ3n) is 2.61. The Bertz CT molecular complexity index is 514. The van der Waals surface area contributed by atoms with Gasteiger partial charge < -0.3 is 10.1 Å². The fourth-order valence-electron chi connectivity index (χ4n) is 1.71. The highest BCUT2D eigenvalue weighted by Gasteiger charge is 2.07. The molecule has 0 amide bonds. The molecule has 94 valence electrons. The van der Waals surface area contributed by atoms with Gasteiger partial charge in [-0.15, -0.1) is 0 Å². The van der Waals surface area contributed by atoms with Gasteiger partial charge in [-0.1, -0.05) is 19.1 Å². The molecule has 2 rings (SSSR count). The lowest BCUT2D eigenvalue weighted by Crippen LogP contribution is -2.02. The maximum absolute atomic E-state index is 5.34. The van der Waals surface area contributed by atoms with E-state index >= 15 is 0 Å². The third-order valence-corrected chi connectivity index (χ3v) is 2.61. The number of para-hydroxylation sites is 1. The summed E-state index contributed by atoms with van der Waals surface area (Å²) in [5.74, 6) is 1.66. The molecule has 0 aliphatic rings. The summed E-state index contributed by atoms with van der Waals surface area (Å²) in [5.41, 5.74) is 1.84. The number of benzene rings is 1. The number of nitrogens with zero attached hydrogens (tertiary/aromatic N) is 2. The van der Waals surface area contributed by atoms with Gasteiger partial charge in [0, 0.05) is 18.2 Å². The highest BCUT2D eigenvalue weighted by Crippen LogP contribution is 2.28. The van der Waals surface area contributed by atoms with Crippen LogP contribution in [0.2, 0.25) is 0 Å². The second kappa shape index (κ2) is 6.00. The standard InChI is InChI=1S/C14H17N3O/c1-3-8-15-14-9-12(16-10-17-14)11-6-4-5-7-13(11)18-2/h4-7,9-10H,3,8H2,1-2H3,(H,15,16,17). The fourth-order valence-corrected chi connectivity index (χ4v) is 1.71. The summed E-state index contributed by atoms with van der Waals surface area (Å²) in [6.45, 7) is 3.03. The van der Waals surface area contributed by atoms with Crippen molar-refractivity contribution in [3.8, 4) is 17.0 Å². The highest BCUT2D eigenvalue weighted by atomic mass is 16.5. The minimum absolute atomic E-state index is 0.817. The van der Waals surface area contributed by atoms with Gasteiger partial charge in [-0.2, -0.15) is 0 Å². The van der Waals surface area contributed by atoms with Crippen LogP contribution in [0.5, 0.6) is 5.75 Å². The first-order valence-electron chi connectivity index (χ1n) is 6.04. The van der Waals surface area contributed by atoms with Crippen molar-refractivity contribution in [3.63, 3.8) is 0 Å². The van der Waals surface area contributed by atoms with Gasteiger partial charge in [-0.3, -0.25) is 0 Å². The summed E-state index contributed by atoms with van der Waals surface area (Å²) in [6.07, 6.45) is 2.63. The minimum Gasteiger partial charge on any atom is -0.496 e. The van der Waals surface area contributed by atoms with E-state index in [1.54, 1.807) is 13.4 Å². The Hall–Kier alpha value is -2.10. The van der Waals surface area contributed by atoms with Crippen LogP contribution in [0.1, 0.15) is 13.3 Å². The summed E-state index contributed by atoms with van der Waals surface area (Å²) in [4.78, 5) is 8.49. The summed E-state index contributed by atoms with van der Waals surface area (Å²) in [5, 5.41) is 3.25. The molecule has 0 saturated heterocycles. The van der Waals surface area contributed by atoms with Crippen molar-refractivity contribution in [2.24, 2.45) is 0 Å². The van der Waals surface area contributed by atoms with Gasteiger partial charge in [0.25, 0.3) is 0 Å². The molecule has 1 N–H and O–H groups in total. The summed E-state index contributed by atoms with van der Waals surface area (Å²) < 4.78 is 5.34. The molecule has 0 aliphatic carbocycles. The predicted molar refractivity (Wildman–Crippen MR) is 72.8 cm³/mol. The number of nitrogens with one attached hydrogen (secondary N) is 1. The van der Waals surface area contributed by atoms with Crippen LogP contribution in [0.3, 0.4) is 0 Å². The first kappa shape index (κ1) is 12.4. The largest absolute Gasteiger partial charge is 0.496 e. The highest BCUT2D eigenvalue weighted by molar-refractivity contribution is 5.68.